The molecule has 0 bridgehead atoms. The molecule has 17 heavy (non-hydrogen) atoms. The van der Waals surface area contributed by atoms with Gasteiger partial charge in [-0.2, -0.15) is 0 Å². The third kappa shape index (κ3) is 4.65. The van der Waals surface area contributed by atoms with Crippen LogP contribution in [0.1, 0.15) is 20.3 Å². The van der Waals surface area contributed by atoms with E-state index < -0.39 is 11.6 Å². The van der Waals surface area contributed by atoms with Gasteiger partial charge in [0.2, 0.25) is 0 Å². The van der Waals surface area contributed by atoms with Gasteiger partial charge in [-0.05, 0) is 36.7 Å². The zero-order valence-electron chi connectivity index (χ0n) is 9.89. The molecule has 0 aliphatic carbocycles. The molecule has 2 N–H and O–H groups in total. The SMILES string of the molecule is CC(C)CCNC(=S)Nc1c(F)cccc1F. The molecule has 0 aliphatic rings. The van der Waals surface area contributed by atoms with Crippen molar-refractivity contribution >= 4 is 23.0 Å². The van der Waals surface area contributed by atoms with Crippen LogP contribution in [-0.4, -0.2) is 11.7 Å². The first-order chi connectivity index (χ1) is 8.00. The zero-order valence-corrected chi connectivity index (χ0v) is 10.7. The van der Waals surface area contributed by atoms with Crippen LogP contribution in [-0.2, 0) is 0 Å². The Morgan fingerprint density at radius 3 is 2.41 bits per heavy atom. The normalized spacial score (nSPS) is 10.4. The lowest BCUT2D eigenvalue weighted by Crippen LogP contribution is -2.30. The van der Waals surface area contributed by atoms with Crippen LogP contribution in [0.4, 0.5) is 14.5 Å². The van der Waals surface area contributed by atoms with E-state index in [4.69, 9.17) is 12.2 Å². The summed E-state index contributed by atoms with van der Waals surface area (Å²) in [6.07, 6.45) is 0.946. The molecule has 0 saturated heterocycles. The Balaban J connectivity index is 2.51. The average Bonchev–Trinajstić information content (AvgIpc) is 2.23. The first-order valence-electron chi connectivity index (χ1n) is 5.49. The van der Waals surface area contributed by atoms with Crippen LogP contribution in [0.2, 0.25) is 0 Å². The molecular formula is C12H16F2N2S. The summed E-state index contributed by atoms with van der Waals surface area (Å²) in [5, 5.41) is 5.66. The van der Waals surface area contributed by atoms with Gasteiger partial charge < -0.3 is 10.6 Å². The molecule has 1 aromatic carbocycles. The molecule has 0 saturated carbocycles. The number of hydrogen-bond donors (Lipinski definition) is 2. The number of halogens is 2. The third-order valence-corrected chi connectivity index (χ3v) is 2.45. The van der Waals surface area contributed by atoms with Crippen molar-refractivity contribution in [2.24, 2.45) is 5.92 Å². The number of para-hydroxylation sites is 1. The topological polar surface area (TPSA) is 24.1 Å². The minimum absolute atomic E-state index is 0.213. The summed E-state index contributed by atoms with van der Waals surface area (Å²) in [7, 11) is 0. The van der Waals surface area contributed by atoms with E-state index >= 15 is 0 Å². The Kier molecular flexibility index (Phi) is 5.28. The highest BCUT2D eigenvalue weighted by Gasteiger charge is 2.09. The van der Waals surface area contributed by atoms with Gasteiger partial charge in [0.15, 0.2) is 5.11 Å². The van der Waals surface area contributed by atoms with Crippen molar-refractivity contribution in [3.05, 3.63) is 29.8 Å². The number of hydrogen-bond acceptors (Lipinski definition) is 1. The van der Waals surface area contributed by atoms with Crippen molar-refractivity contribution in [3.8, 4) is 0 Å². The molecule has 0 unspecified atom stereocenters. The van der Waals surface area contributed by atoms with Gasteiger partial charge in [0.25, 0.3) is 0 Å². The molecule has 94 valence electrons. The van der Waals surface area contributed by atoms with Crippen LogP contribution in [0.15, 0.2) is 18.2 Å². The Bertz CT molecular complexity index is 374. The maximum absolute atomic E-state index is 13.3. The van der Waals surface area contributed by atoms with E-state index in [-0.39, 0.29) is 10.8 Å². The van der Waals surface area contributed by atoms with Gasteiger partial charge in [-0.15, -0.1) is 0 Å². The molecule has 1 aromatic rings. The van der Waals surface area contributed by atoms with Gasteiger partial charge >= 0.3 is 0 Å². The minimum Gasteiger partial charge on any atom is -0.362 e. The number of benzene rings is 1. The largest absolute Gasteiger partial charge is 0.362 e. The molecule has 2 nitrogen and oxygen atoms in total. The predicted octanol–water partition coefficient (Wildman–Crippen LogP) is 3.30. The summed E-state index contributed by atoms with van der Waals surface area (Å²) in [4.78, 5) is 0. The molecule has 0 heterocycles. The number of rotatable bonds is 4. The van der Waals surface area contributed by atoms with E-state index in [0.29, 0.717) is 12.5 Å². The van der Waals surface area contributed by atoms with Gasteiger partial charge in [-0.1, -0.05) is 19.9 Å². The molecule has 0 aromatic heterocycles. The van der Waals surface area contributed by atoms with Crippen LogP contribution < -0.4 is 10.6 Å². The molecule has 0 radical (unpaired) electrons. The molecule has 1 rings (SSSR count). The van der Waals surface area contributed by atoms with Gasteiger partial charge in [-0.25, -0.2) is 8.78 Å². The average molecular weight is 258 g/mol. The Morgan fingerprint density at radius 1 is 1.29 bits per heavy atom. The molecular weight excluding hydrogens is 242 g/mol. The van der Waals surface area contributed by atoms with Crippen molar-refractivity contribution in [2.45, 2.75) is 20.3 Å². The molecule has 5 heteroatoms. The fraction of sp³-hybridized carbons (Fsp3) is 0.417. The van der Waals surface area contributed by atoms with Crippen molar-refractivity contribution in [3.63, 3.8) is 0 Å². The summed E-state index contributed by atoms with van der Waals surface area (Å²) in [6.45, 7) is 4.86. The van der Waals surface area contributed by atoms with E-state index in [1.54, 1.807) is 0 Å². The highest BCUT2D eigenvalue weighted by atomic mass is 32.1. The second-order valence-electron chi connectivity index (χ2n) is 4.16. The lowest BCUT2D eigenvalue weighted by Gasteiger charge is -2.12. The Morgan fingerprint density at radius 2 is 1.88 bits per heavy atom. The molecule has 0 fully saturated rings. The zero-order chi connectivity index (χ0) is 12.8. The van der Waals surface area contributed by atoms with Crippen LogP contribution in [0, 0.1) is 17.6 Å². The predicted molar refractivity (Wildman–Crippen MR) is 70.0 cm³/mol. The standard InChI is InChI=1S/C12H16F2N2S/c1-8(2)6-7-15-12(17)16-11-9(13)4-3-5-10(11)14/h3-5,8H,6-7H2,1-2H3,(H2,15,16,17). The van der Waals surface area contributed by atoms with Crippen LogP contribution in [0.3, 0.4) is 0 Å². The van der Waals surface area contributed by atoms with E-state index in [2.05, 4.69) is 24.5 Å². The van der Waals surface area contributed by atoms with Crippen molar-refractivity contribution in [1.82, 2.24) is 5.32 Å². The molecule has 0 aliphatic heterocycles. The second kappa shape index (κ2) is 6.49. The van der Waals surface area contributed by atoms with Crippen molar-refractivity contribution in [1.29, 1.82) is 0 Å². The lowest BCUT2D eigenvalue weighted by atomic mass is 10.1. The lowest BCUT2D eigenvalue weighted by molar-refractivity contribution is 0.577. The fourth-order valence-electron chi connectivity index (χ4n) is 1.25. The van der Waals surface area contributed by atoms with E-state index in [0.717, 1.165) is 6.42 Å². The number of thiocarbonyl (C=S) groups is 1. The Hall–Kier alpha value is -1.23. The summed E-state index contributed by atoms with van der Waals surface area (Å²) in [5.41, 5.74) is -0.213. The highest BCUT2D eigenvalue weighted by molar-refractivity contribution is 7.80. The molecule has 0 spiro atoms. The van der Waals surface area contributed by atoms with Gasteiger partial charge in [0.05, 0.1) is 0 Å². The molecule has 0 amide bonds. The van der Waals surface area contributed by atoms with Gasteiger partial charge in [0, 0.05) is 6.54 Å². The highest BCUT2D eigenvalue weighted by Crippen LogP contribution is 2.17. The monoisotopic (exact) mass is 258 g/mol. The summed E-state index contributed by atoms with van der Waals surface area (Å²) in [5.74, 6) is -0.758. The maximum atomic E-state index is 13.3. The van der Waals surface area contributed by atoms with Gasteiger partial charge in [0.1, 0.15) is 17.3 Å². The first-order valence-corrected chi connectivity index (χ1v) is 5.90. The van der Waals surface area contributed by atoms with Crippen molar-refractivity contribution < 1.29 is 8.78 Å². The van der Waals surface area contributed by atoms with Crippen LogP contribution in [0.25, 0.3) is 0 Å². The number of anilines is 1. The van der Waals surface area contributed by atoms with Gasteiger partial charge in [-0.3, -0.25) is 0 Å². The first kappa shape index (κ1) is 13.8. The van der Waals surface area contributed by atoms with E-state index in [9.17, 15) is 8.78 Å². The molecule has 0 atom stereocenters. The minimum atomic E-state index is -0.655. The number of nitrogens with one attached hydrogen (secondary N) is 2. The van der Waals surface area contributed by atoms with Crippen LogP contribution >= 0.6 is 12.2 Å². The summed E-state index contributed by atoms with van der Waals surface area (Å²) >= 11 is 4.95. The van der Waals surface area contributed by atoms with Crippen molar-refractivity contribution in [2.75, 3.05) is 11.9 Å². The third-order valence-electron chi connectivity index (χ3n) is 2.21. The van der Waals surface area contributed by atoms with E-state index in [1.165, 1.54) is 18.2 Å². The quantitative estimate of drug-likeness (QED) is 0.810. The van der Waals surface area contributed by atoms with E-state index in [1.807, 2.05) is 0 Å². The maximum Gasteiger partial charge on any atom is 0.170 e. The fourth-order valence-corrected chi connectivity index (χ4v) is 1.45. The summed E-state index contributed by atoms with van der Waals surface area (Å²) in [6, 6.07) is 3.68. The Labute approximate surface area is 105 Å². The second-order valence-corrected chi connectivity index (χ2v) is 4.57. The smallest absolute Gasteiger partial charge is 0.170 e. The van der Waals surface area contributed by atoms with Crippen LogP contribution in [0.5, 0.6) is 0 Å². The summed E-state index contributed by atoms with van der Waals surface area (Å²) < 4.78 is 26.5.